The van der Waals surface area contributed by atoms with Crippen molar-refractivity contribution in [1.29, 1.82) is 0 Å². The molecule has 0 fully saturated rings. The molecule has 0 aliphatic carbocycles. The van der Waals surface area contributed by atoms with Gasteiger partial charge in [0.2, 0.25) is 0 Å². The van der Waals surface area contributed by atoms with E-state index in [2.05, 4.69) is 0 Å². The molecule has 0 saturated carbocycles. The summed E-state index contributed by atoms with van der Waals surface area (Å²) in [5, 5.41) is 0. The quantitative estimate of drug-likeness (QED) is 0.265. The van der Waals surface area contributed by atoms with Crippen LogP contribution in [-0.2, 0) is 0 Å². The van der Waals surface area contributed by atoms with E-state index < -0.39 is 0 Å². The van der Waals surface area contributed by atoms with Crippen LogP contribution in [0.1, 0.15) is 271 Å². The maximum absolute atomic E-state index is 2.00. The summed E-state index contributed by atoms with van der Waals surface area (Å²) < 4.78 is 0. The first kappa shape index (κ1) is 156. The van der Waals surface area contributed by atoms with Crippen molar-refractivity contribution >= 4 is 0 Å². The standard InChI is InChI=1S/19C2H6.CH4/c19*1-2;/h19*1-2H3;1H4. The van der Waals surface area contributed by atoms with Crippen LogP contribution < -0.4 is 0 Å². The molecular weight excluding hydrogens is 468 g/mol. The fraction of sp³-hybridized carbons (Fsp3) is 1.00. The lowest BCUT2D eigenvalue weighted by Gasteiger charge is -1.07. The Bertz CT molecular complexity index is 0. The van der Waals surface area contributed by atoms with Crippen LogP contribution in [0.2, 0.25) is 0 Å². The van der Waals surface area contributed by atoms with Crippen molar-refractivity contribution in [2.45, 2.75) is 271 Å². The minimum absolute atomic E-state index is 0. The summed E-state index contributed by atoms with van der Waals surface area (Å²) in [7, 11) is 0. The lowest BCUT2D eigenvalue weighted by Crippen LogP contribution is -0.856. The summed E-state index contributed by atoms with van der Waals surface area (Å²) >= 11 is 0. The van der Waals surface area contributed by atoms with Gasteiger partial charge in [0.15, 0.2) is 0 Å². The van der Waals surface area contributed by atoms with Gasteiger partial charge in [0.1, 0.15) is 0 Å². The molecule has 0 saturated heterocycles. The van der Waals surface area contributed by atoms with Gasteiger partial charge in [-0.25, -0.2) is 0 Å². The van der Waals surface area contributed by atoms with E-state index in [0.29, 0.717) is 0 Å². The van der Waals surface area contributed by atoms with Crippen LogP contribution in [-0.4, -0.2) is 0 Å². The van der Waals surface area contributed by atoms with Gasteiger partial charge in [-0.2, -0.15) is 0 Å². The molecular formula is C39H118. The summed E-state index contributed by atoms with van der Waals surface area (Å²) in [5.74, 6) is 0. The van der Waals surface area contributed by atoms with Crippen LogP contribution in [0.25, 0.3) is 0 Å². The second-order valence-corrected chi connectivity index (χ2v) is 0. The van der Waals surface area contributed by atoms with Crippen LogP contribution in [0.5, 0.6) is 0 Å². The zero-order valence-corrected chi connectivity index (χ0v) is 38.0. The summed E-state index contributed by atoms with van der Waals surface area (Å²) in [6.45, 7) is 76.0. The largest absolute Gasteiger partial charge is 0.0776 e. The Balaban J connectivity index is -0.00000000542. The maximum atomic E-state index is 2.00. The average Bonchev–Trinajstić information content (AvgIpc) is 3.17. The molecule has 0 N–H and O–H groups in total. The van der Waals surface area contributed by atoms with Gasteiger partial charge >= 0.3 is 0 Å². The topological polar surface area (TPSA) is 0 Å². The van der Waals surface area contributed by atoms with E-state index in [1.165, 1.54) is 0 Å². The molecule has 0 bridgehead atoms. The maximum Gasteiger partial charge on any atom is -0.0683 e. The Kier molecular flexibility index (Phi) is 0. The lowest BCUT2D eigenvalue weighted by molar-refractivity contribution is 1.50. The molecule has 0 aromatic carbocycles. The molecule has 39 heavy (non-hydrogen) atoms. The molecule has 0 nitrogen and oxygen atoms in total. The van der Waals surface area contributed by atoms with E-state index in [-0.39, 0.29) is 7.43 Å². The fourth-order valence-electron chi connectivity index (χ4n) is 0. The van der Waals surface area contributed by atoms with Crippen molar-refractivity contribution in [3.05, 3.63) is 0 Å². The Morgan fingerprint density at radius 1 is 0.0769 bits per heavy atom. The van der Waals surface area contributed by atoms with Crippen LogP contribution in [0.15, 0.2) is 0 Å². The van der Waals surface area contributed by atoms with Gasteiger partial charge in [0, 0.05) is 0 Å². The number of hydrogen-bond donors (Lipinski definition) is 0. The van der Waals surface area contributed by atoms with Gasteiger partial charge in [-0.1, -0.05) is 271 Å². The van der Waals surface area contributed by atoms with E-state index >= 15 is 0 Å². The van der Waals surface area contributed by atoms with E-state index in [0.717, 1.165) is 0 Å². The van der Waals surface area contributed by atoms with Crippen molar-refractivity contribution in [3.63, 3.8) is 0 Å². The Morgan fingerprint density at radius 3 is 0.0769 bits per heavy atom. The highest BCUT2D eigenvalue weighted by atomic mass is 13.0. The first-order chi connectivity index (χ1) is 19.0. The van der Waals surface area contributed by atoms with E-state index in [9.17, 15) is 0 Å². The number of hydrogen-bond acceptors (Lipinski definition) is 0. The fourth-order valence-corrected chi connectivity index (χ4v) is 0. The first-order valence-electron chi connectivity index (χ1n) is 19.0. The van der Waals surface area contributed by atoms with Gasteiger partial charge in [0.05, 0.1) is 0 Å². The van der Waals surface area contributed by atoms with Crippen molar-refractivity contribution < 1.29 is 0 Å². The molecule has 0 amide bonds. The molecule has 0 atom stereocenters. The Morgan fingerprint density at radius 2 is 0.0769 bits per heavy atom. The van der Waals surface area contributed by atoms with E-state index in [4.69, 9.17) is 0 Å². The van der Waals surface area contributed by atoms with Gasteiger partial charge < -0.3 is 0 Å². The van der Waals surface area contributed by atoms with E-state index in [1.54, 1.807) is 0 Å². The Labute approximate surface area is 270 Å². The van der Waals surface area contributed by atoms with Crippen molar-refractivity contribution in [3.8, 4) is 0 Å². The van der Waals surface area contributed by atoms with Crippen molar-refractivity contribution in [2.75, 3.05) is 0 Å². The third kappa shape index (κ3) is 0. The van der Waals surface area contributed by atoms with Gasteiger partial charge in [0.25, 0.3) is 0 Å². The molecule has 0 radical (unpaired) electrons. The monoisotopic (exact) mass is 587 g/mol. The van der Waals surface area contributed by atoms with Crippen LogP contribution in [0.4, 0.5) is 0 Å². The minimum atomic E-state index is 0. The second-order valence-electron chi connectivity index (χ2n) is 0. The predicted octanol–water partition coefficient (Wildman–Crippen LogP) is 20.1. The highest BCUT2D eigenvalue weighted by Gasteiger charge is 0.968. The molecule has 0 aromatic rings. The highest BCUT2D eigenvalue weighted by molar-refractivity contribution is 3.54. The summed E-state index contributed by atoms with van der Waals surface area (Å²) in [6.07, 6.45) is 0. The zero-order valence-electron chi connectivity index (χ0n) is 38.0. The molecule has 0 spiro atoms. The smallest absolute Gasteiger partial charge is 0.0683 e. The van der Waals surface area contributed by atoms with Crippen LogP contribution in [0, 0.1) is 0 Å². The van der Waals surface area contributed by atoms with Gasteiger partial charge in [-0.15, -0.1) is 0 Å². The second kappa shape index (κ2) is 0. The first-order valence-corrected chi connectivity index (χ1v) is 19.0. The molecule has 274 valence electrons. The zero-order chi connectivity index (χ0) is 38.0. The average molecular weight is 587 g/mol. The van der Waals surface area contributed by atoms with E-state index in [1.807, 2.05) is 263 Å². The third-order valence-corrected chi connectivity index (χ3v) is 0. The molecule has 0 heteroatoms. The third-order valence-electron chi connectivity index (χ3n) is 0. The SMILES string of the molecule is C.CC.CC.CC.CC.CC.CC.CC.CC.CC.CC.CC.CC.CC.CC.CC.CC.CC.CC.CC. The molecule has 0 aromatic heterocycles. The molecule has 0 rings (SSSR count). The van der Waals surface area contributed by atoms with Crippen molar-refractivity contribution in [2.24, 2.45) is 0 Å². The molecule has 0 unspecified atom stereocenters. The normalized spacial score (nSPS) is 2.92. The summed E-state index contributed by atoms with van der Waals surface area (Å²) in [5.41, 5.74) is 0. The number of rotatable bonds is 0. The van der Waals surface area contributed by atoms with Crippen molar-refractivity contribution in [1.82, 2.24) is 0 Å². The lowest BCUT2D eigenvalue weighted by atomic mass is 11.0. The van der Waals surface area contributed by atoms with Crippen LogP contribution >= 0.6 is 0 Å². The van der Waals surface area contributed by atoms with Crippen LogP contribution in [0.3, 0.4) is 0 Å². The van der Waals surface area contributed by atoms with Gasteiger partial charge in [-0.05, 0) is 0 Å². The summed E-state index contributed by atoms with van der Waals surface area (Å²) in [4.78, 5) is 0. The minimum Gasteiger partial charge on any atom is -0.0776 e. The Hall–Kier alpha value is 0. The molecule has 0 aliphatic rings. The van der Waals surface area contributed by atoms with Gasteiger partial charge in [-0.3, -0.25) is 0 Å². The highest BCUT2D eigenvalue weighted by Crippen LogP contribution is 1.18. The summed E-state index contributed by atoms with van der Waals surface area (Å²) in [6, 6.07) is 0. The molecule has 0 aliphatic heterocycles. The predicted molar refractivity (Wildman–Crippen MR) is 222 cm³/mol. The molecule has 0 heterocycles.